The second-order valence-corrected chi connectivity index (χ2v) is 7.54. The number of amides is 2. The van der Waals surface area contributed by atoms with Crippen molar-refractivity contribution in [3.8, 4) is 0 Å². The van der Waals surface area contributed by atoms with E-state index in [1.165, 1.54) is 16.9 Å². The molecule has 3 rings (SSSR count). The Labute approximate surface area is 135 Å². The molecule has 2 amide bonds. The van der Waals surface area contributed by atoms with Crippen molar-refractivity contribution >= 4 is 23.2 Å². The lowest BCUT2D eigenvalue weighted by Gasteiger charge is -2.31. The third-order valence-corrected chi connectivity index (χ3v) is 6.08. The second kappa shape index (κ2) is 6.41. The molecule has 1 saturated heterocycles. The van der Waals surface area contributed by atoms with E-state index in [4.69, 9.17) is 0 Å². The molecule has 1 aliphatic carbocycles. The van der Waals surface area contributed by atoms with Crippen LogP contribution in [0.15, 0.2) is 5.38 Å². The molecule has 0 saturated carbocycles. The summed E-state index contributed by atoms with van der Waals surface area (Å²) in [6, 6.07) is 0. The van der Waals surface area contributed by atoms with Gasteiger partial charge in [0.25, 0.3) is 5.91 Å². The monoisotopic (exact) mass is 320 g/mol. The van der Waals surface area contributed by atoms with Gasteiger partial charge in [-0.05, 0) is 43.6 Å². The average molecular weight is 320 g/mol. The zero-order chi connectivity index (χ0) is 15.7. The van der Waals surface area contributed by atoms with Crippen molar-refractivity contribution in [3.63, 3.8) is 0 Å². The van der Waals surface area contributed by atoms with Crippen LogP contribution in [-0.2, 0) is 17.6 Å². The SMILES string of the molecule is CNC(=O)C1CCN(C(=O)c2csc3c2CC[C@@H](C)C3)CC1. The lowest BCUT2D eigenvalue weighted by molar-refractivity contribution is -0.125. The molecular weight excluding hydrogens is 296 g/mol. The summed E-state index contributed by atoms with van der Waals surface area (Å²) in [6.45, 7) is 3.67. The van der Waals surface area contributed by atoms with Crippen LogP contribution in [0, 0.1) is 11.8 Å². The zero-order valence-corrected chi connectivity index (χ0v) is 14.2. The summed E-state index contributed by atoms with van der Waals surface area (Å²) in [6.07, 6.45) is 4.88. The van der Waals surface area contributed by atoms with E-state index >= 15 is 0 Å². The van der Waals surface area contributed by atoms with Crippen LogP contribution < -0.4 is 5.32 Å². The van der Waals surface area contributed by atoms with Crippen molar-refractivity contribution in [3.05, 3.63) is 21.4 Å². The summed E-state index contributed by atoms with van der Waals surface area (Å²) in [5, 5.41) is 4.76. The summed E-state index contributed by atoms with van der Waals surface area (Å²) < 4.78 is 0. The van der Waals surface area contributed by atoms with E-state index in [0.717, 1.165) is 37.2 Å². The van der Waals surface area contributed by atoms with Gasteiger partial charge in [-0.2, -0.15) is 0 Å². The summed E-state index contributed by atoms with van der Waals surface area (Å²) in [5.41, 5.74) is 2.21. The number of likely N-dealkylation sites (tertiary alicyclic amines) is 1. The summed E-state index contributed by atoms with van der Waals surface area (Å²) in [5.74, 6) is 1.07. The summed E-state index contributed by atoms with van der Waals surface area (Å²) in [7, 11) is 1.68. The smallest absolute Gasteiger partial charge is 0.254 e. The minimum atomic E-state index is 0.0614. The van der Waals surface area contributed by atoms with Crippen LogP contribution in [0.25, 0.3) is 0 Å². The zero-order valence-electron chi connectivity index (χ0n) is 13.4. The Bertz CT molecular complexity index is 573. The van der Waals surface area contributed by atoms with Crippen LogP contribution in [0.3, 0.4) is 0 Å². The molecule has 0 bridgehead atoms. The van der Waals surface area contributed by atoms with Crippen LogP contribution >= 0.6 is 11.3 Å². The summed E-state index contributed by atoms with van der Waals surface area (Å²) in [4.78, 5) is 27.8. The molecule has 1 aromatic rings. The van der Waals surface area contributed by atoms with Gasteiger partial charge in [0.1, 0.15) is 0 Å². The first kappa shape index (κ1) is 15.5. The highest BCUT2D eigenvalue weighted by molar-refractivity contribution is 7.10. The molecule has 0 radical (unpaired) electrons. The normalized spacial score (nSPS) is 22.3. The molecule has 1 fully saturated rings. The second-order valence-electron chi connectivity index (χ2n) is 6.58. The Hall–Kier alpha value is -1.36. The maximum absolute atomic E-state index is 12.8. The fraction of sp³-hybridized carbons (Fsp3) is 0.647. The Morgan fingerprint density at radius 1 is 1.27 bits per heavy atom. The van der Waals surface area contributed by atoms with Crippen LogP contribution in [-0.4, -0.2) is 36.9 Å². The number of rotatable bonds is 2. The van der Waals surface area contributed by atoms with Gasteiger partial charge in [0, 0.05) is 36.3 Å². The first-order valence-corrected chi connectivity index (χ1v) is 9.08. The van der Waals surface area contributed by atoms with Gasteiger partial charge in [-0.1, -0.05) is 6.92 Å². The van der Waals surface area contributed by atoms with E-state index in [-0.39, 0.29) is 17.7 Å². The molecule has 120 valence electrons. The molecule has 1 N–H and O–H groups in total. The molecule has 1 aromatic heterocycles. The molecule has 4 nitrogen and oxygen atoms in total. The van der Waals surface area contributed by atoms with Gasteiger partial charge < -0.3 is 10.2 Å². The number of nitrogens with zero attached hydrogens (tertiary/aromatic N) is 1. The summed E-state index contributed by atoms with van der Waals surface area (Å²) >= 11 is 1.75. The molecule has 0 spiro atoms. The van der Waals surface area contributed by atoms with Gasteiger partial charge in [-0.25, -0.2) is 0 Å². The third kappa shape index (κ3) is 2.91. The number of nitrogens with one attached hydrogen (secondary N) is 1. The predicted molar refractivity (Wildman–Crippen MR) is 88.2 cm³/mol. The fourth-order valence-electron chi connectivity index (χ4n) is 3.58. The van der Waals surface area contributed by atoms with Crippen LogP contribution in [0.4, 0.5) is 0 Å². The predicted octanol–water partition coefficient (Wildman–Crippen LogP) is 2.47. The molecule has 22 heavy (non-hydrogen) atoms. The topological polar surface area (TPSA) is 49.4 Å². The standard InChI is InChI=1S/C17H24N2O2S/c1-11-3-4-13-14(10-22-15(13)9-11)17(21)19-7-5-12(6-8-19)16(20)18-2/h10-12H,3-9H2,1-2H3,(H,18,20)/t11-/m1/s1. The number of fused-ring (bicyclic) bond motifs is 1. The Morgan fingerprint density at radius 2 is 2.00 bits per heavy atom. The minimum Gasteiger partial charge on any atom is -0.359 e. The van der Waals surface area contributed by atoms with Gasteiger partial charge in [0.2, 0.25) is 5.91 Å². The van der Waals surface area contributed by atoms with E-state index in [1.54, 1.807) is 18.4 Å². The van der Waals surface area contributed by atoms with Gasteiger partial charge in [-0.3, -0.25) is 9.59 Å². The van der Waals surface area contributed by atoms with Crippen molar-refractivity contribution < 1.29 is 9.59 Å². The lowest BCUT2D eigenvalue weighted by atomic mass is 9.88. The maximum atomic E-state index is 12.8. The number of thiophene rings is 1. The highest BCUT2D eigenvalue weighted by atomic mass is 32.1. The molecule has 0 aromatic carbocycles. The highest BCUT2D eigenvalue weighted by Crippen LogP contribution is 2.34. The van der Waals surface area contributed by atoms with Gasteiger partial charge in [0.05, 0.1) is 5.56 Å². The van der Waals surface area contributed by atoms with E-state index < -0.39 is 0 Å². The molecular formula is C17H24N2O2S. The minimum absolute atomic E-state index is 0.0614. The number of piperidine rings is 1. The van der Waals surface area contributed by atoms with E-state index in [1.807, 2.05) is 4.90 Å². The molecule has 5 heteroatoms. The van der Waals surface area contributed by atoms with Crippen molar-refractivity contribution in [2.45, 2.75) is 39.0 Å². The Kier molecular flexibility index (Phi) is 4.52. The maximum Gasteiger partial charge on any atom is 0.254 e. The molecule has 2 heterocycles. The van der Waals surface area contributed by atoms with Crippen molar-refractivity contribution in [1.82, 2.24) is 10.2 Å². The quantitative estimate of drug-likeness (QED) is 0.910. The largest absolute Gasteiger partial charge is 0.359 e. The van der Waals surface area contributed by atoms with Crippen LogP contribution in [0.1, 0.15) is 47.0 Å². The van der Waals surface area contributed by atoms with E-state index in [9.17, 15) is 9.59 Å². The lowest BCUT2D eigenvalue weighted by Crippen LogP contribution is -2.42. The van der Waals surface area contributed by atoms with Crippen molar-refractivity contribution in [2.24, 2.45) is 11.8 Å². The highest BCUT2D eigenvalue weighted by Gasteiger charge is 2.30. The van der Waals surface area contributed by atoms with Gasteiger partial charge in [0.15, 0.2) is 0 Å². The fourth-order valence-corrected chi connectivity index (χ4v) is 4.81. The van der Waals surface area contributed by atoms with Gasteiger partial charge in [-0.15, -0.1) is 11.3 Å². The van der Waals surface area contributed by atoms with E-state index in [2.05, 4.69) is 17.6 Å². The van der Waals surface area contributed by atoms with Crippen LogP contribution in [0.2, 0.25) is 0 Å². The number of hydrogen-bond acceptors (Lipinski definition) is 3. The molecule has 1 atom stereocenters. The number of carbonyl (C=O) groups excluding carboxylic acids is 2. The first-order chi connectivity index (χ1) is 10.6. The Balaban J connectivity index is 1.67. The number of hydrogen-bond donors (Lipinski definition) is 1. The van der Waals surface area contributed by atoms with Gasteiger partial charge >= 0.3 is 0 Å². The Morgan fingerprint density at radius 3 is 2.68 bits per heavy atom. The van der Waals surface area contributed by atoms with Crippen molar-refractivity contribution in [2.75, 3.05) is 20.1 Å². The van der Waals surface area contributed by atoms with E-state index in [0.29, 0.717) is 13.1 Å². The third-order valence-electron chi connectivity index (χ3n) is 5.03. The van der Waals surface area contributed by atoms with Crippen LogP contribution in [0.5, 0.6) is 0 Å². The average Bonchev–Trinajstić information content (AvgIpc) is 2.96. The first-order valence-electron chi connectivity index (χ1n) is 8.20. The molecule has 2 aliphatic rings. The van der Waals surface area contributed by atoms with Crippen molar-refractivity contribution in [1.29, 1.82) is 0 Å². The molecule has 1 aliphatic heterocycles. The number of carbonyl (C=O) groups is 2. The molecule has 0 unspecified atom stereocenters.